The number of rotatable bonds is 1. The number of hydrogen-bond acceptors (Lipinski definition) is 2. The monoisotopic (exact) mass is 154 g/mol. The predicted octanol–water partition coefficient (Wildman–Crippen LogP) is 2.06. The lowest BCUT2D eigenvalue weighted by atomic mass is 9.91. The summed E-state index contributed by atoms with van der Waals surface area (Å²) >= 11 is 0. The van der Waals surface area contributed by atoms with Crippen LogP contribution in [-0.2, 0) is 4.79 Å². The normalized spacial score (nSPS) is 31.7. The molecule has 0 saturated heterocycles. The molecule has 1 rings (SSSR count). The first-order valence-electron chi connectivity index (χ1n) is 4.03. The van der Waals surface area contributed by atoms with Gasteiger partial charge in [-0.2, -0.15) is 0 Å². The van der Waals surface area contributed by atoms with Gasteiger partial charge >= 0.3 is 0 Å². The molecule has 0 spiro atoms. The Balaban J connectivity index is 2.95. The Morgan fingerprint density at radius 3 is 2.27 bits per heavy atom. The Hall–Kier alpha value is -0.790. The number of carbonyl (C=O) groups is 1. The first-order chi connectivity index (χ1) is 5.09. The summed E-state index contributed by atoms with van der Waals surface area (Å²) in [6.45, 7) is 5.75. The minimum Gasteiger partial charge on any atom is -0.504 e. The smallest absolute Gasteiger partial charge is 0.200 e. The van der Waals surface area contributed by atoms with Crippen LogP contribution in [0, 0.1) is 11.8 Å². The van der Waals surface area contributed by atoms with E-state index in [2.05, 4.69) is 0 Å². The zero-order valence-electron chi connectivity index (χ0n) is 7.22. The molecule has 0 heterocycles. The lowest BCUT2D eigenvalue weighted by Crippen LogP contribution is -2.13. The molecule has 2 atom stereocenters. The van der Waals surface area contributed by atoms with E-state index in [1.807, 2.05) is 20.8 Å². The SMILES string of the molecule is CCC1C(C)=C(O)C(=O)C1C. The highest BCUT2D eigenvalue weighted by atomic mass is 16.3. The molecule has 62 valence electrons. The van der Waals surface area contributed by atoms with Gasteiger partial charge in [0.2, 0.25) is 0 Å². The van der Waals surface area contributed by atoms with Crippen molar-refractivity contribution in [2.75, 3.05) is 0 Å². The Morgan fingerprint density at radius 2 is 2.09 bits per heavy atom. The van der Waals surface area contributed by atoms with E-state index in [4.69, 9.17) is 0 Å². The quantitative estimate of drug-likeness (QED) is 0.627. The fourth-order valence-electron chi connectivity index (χ4n) is 1.80. The average Bonchev–Trinajstić information content (AvgIpc) is 2.17. The van der Waals surface area contributed by atoms with Gasteiger partial charge < -0.3 is 5.11 Å². The molecule has 0 fully saturated rings. The van der Waals surface area contributed by atoms with Crippen molar-refractivity contribution in [2.45, 2.75) is 27.2 Å². The minimum atomic E-state index is -0.0886. The summed E-state index contributed by atoms with van der Waals surface area (Å²) in [5, 5.41) is 9.27. The maximum Gasteiger partial charge on any atom is 0.200 e. The topological polar surface area (TPSA) is 37.3 Å². The van der Waals surface area contributed by atoms with E-state index in [1.165, 1.54) is 0 Å². The van der Waals surface area contributed by atoms with E-state index < -0.39 is 0 Å². The number of allylic oxidation sites excluding steroid dienone is 2. The van der Waals surface area contributed by atoms with Crippen LogP contribution in [0.2, 0.25) is 0 Å². The molecule has 0 aromatic rings. The van der Waals surface area contributed by atoms with Crippen LogP contribution >= 0.6 is 0 Å². The van der Waals surface area contributed by atoms with Gasteiger partial charge in [-0.3, -0.25) is 4.79 Å². The molecular weight excluding hydrogens is 140 g/mol. The van der Waals surface area contributed by atoms with Crippen molar-refractivity contribution in [1.29, 1.82) is 0 Å². The van der Waals surface area contributed by atoms with Crippen molar-refractivity contribution < 1.29 is 9.90 Å². The van der Waals surface area contributed by atoms with Crippen LogP contribution in [-0.4, -0.2) is 10.9 Å². The molecule has 2 unspecified atom stereocenters. The van der Waals surface area contributed by atoms with Crippen LogP contribution in [0.5, 0.6) is 0 Å². The van der Waals surface area contributed by atoms with E-state index >= 15 is 0 Å². The second-order valence-electron chi connectivity index (χ2n) is 3.20. The van der Waals surface area contributed by atoms with Crippen molar-refractivity contribution in [3.63, 3.8) is 0 Å². The zero-order valence-corrected chi connectivity index (χ0v) is 7.22. The number of Topliss-reactive ketones (excluding diaryl/α,β-unsaturated/α-hetero) is 1. The third kappa shape index (κ3) is 1.06. The number of carbonyl (C=O) groups excluding carboxylic acids is 1. The molecule has 0 amide bonds. The molecule has 0 saturated carbocycles. The van der Waals surface area contributed by atoms with Crippen LogP contribution in [0.1, 0.15) is 27.2 Å². The summed E-state index contributed by atoms with van der Waals surface area (Å²) in [7, 11) is 0. The number of hydrogen-bond donors (Lipinski definition) is 1. The highest BCUT2D eigenvalue weighted by molar-refractivity contribution is 5.98. The second-order valence-corrected chi connectivity index (χ2v) is 3.20. The minimum absolute atomic E-state index is 0.00403. The summed E-state index contributed by atoms with van der Waals surface area (Å²) in [5.41, 5.74) is 0.866. The van der Waals surface area contributed by atoms with Crippen molar-refractivity contribution in [2.24, 2.45) is 11.8 Å². The molecule has 1 aliphatic carbocycles. The van der Waals surface area contributed by atoms with Crippen LogP contribution in [0.4, 0.5) is 0 Å². The molecule has 2 nitrogen and oxygen atoms in total. The summed E-state index contributed by atoms with van der Waals surface area (Å²) in [6.07, 6.45) is 0.933. The summed E-state index contributed by atoms with van der Waals surface area (Å²) < 4.78 is 0. The second kappa shape index (κ2) is 2.68. The summed E-state index contributed by atoms with van der Waals surface area (Å²) in [5.74, 6) is 0.168. The van der Waals surface area contributed by atoms with Gasteiger partial charge in [-0.25, -0.2) is 0 Å². The molecule has 0 aromatic heterocycles. The Morgan fingerprint density at radius 1 is 1.55 bits per heavy atom. The third-order valence-electron chi connectivity index (χ3n) is 2.62. The van der Waals surface area contributed by atoms with E-state index in [0.29, 0.717) is 0 Å². The molecular formula is C9H14O2. The predicted molar refractivity (Wildman–Crippen MR) is 43.3 cm³/mol. The Labute approximate surface area is 66.9 Å². The van der Waals surface area contributed by atoms with Gasteiger partial charge in [-0.05, 0) is 24.8 Å². The van der Waals surface area contributed by atoms with E-state index in [1.54, 1.807) is 0 Å². The molecule has 2 heteroatoms. The van der Waals surface area contributed by atoms with E-state index in [-0.39, 0.29) is 23.4 Å². The summed E-state index contributed by atoms with van der Waals surface area (Å²) in [6, 6.07) is 0. The first kappa shape index (κ1) is 8.31. The van der Waals surface area contributed by atoms with Gasteiger partial charge in [-0.15, -0.1) is 0 Å². The zero-order chi connectivity index (χ0) is 8.59. The molecule has 0 radical (unpaired) electrons. The van der Waals surface area contributed by atoms with Crippen molar-refractivity contribution in [3.05, 3.63) is 11.3 Å². The third-order valence-corrected chi connectivity index (χ3v) is 2.62. The first-order valence-corrected chi connectivity index (χ1v) is 4.03. The Kier molecular flexibility index (Phi) is 2.03. The molecule has 0 bridgehead atoms. The van der Waals surface area contributed by atoms with Crippen LogP contribution in [0.25, 0.3) is 0 Å². The van der Waals surface area contributed by atoms with Gasteiger partial charge in [0.1, 0.15) is 0 Å². The lowest BCUT2D eigenvalue weighted by molar-refractivity contribution is -0.120. The molecule has 0 aromatic carbocycles. The molecule has 1 aliphatic rings. The van der Waals surface area contributed by atoms with Crippen LogP contribution < -0.4 is 0 Å². The van der Waals surface area contributed by atoms with Crippen LogP contribution in [0.15, 0.2) is 11.3 Å². The number of aliphatic hydroxyl groups excluding tert-OH is 1. The average molecular weight is 154 g/mol. The molecule has 0 aliphatic heterocycles. The maximum absolute atomic E-state index is 11.2. The number of aliphatic hydroxyl groups is 1. The molecule has 11 heavy (non-hydrogen) atoms. The standard InChI is InChI=1S/C9H14O2/c1-4-7-5(2)8(10)9(11)6(7)3/h5,7,11H,4H2,1-3H3. The maximum atomic E-state index is 11.2. The van der Waals surface area contributed by atoms with Gasteiger partial charge in [0.25, 0.3) is 0 Å². The van der Waals surface area contributed by atoms with Gasteiger partial charge in [0.15, 0.2) is 11.5 Å². The fourth-order valence-corrected chi connectivity index (χ4v) is 1.80. The fraction of sp³-hybridized carbons (Fsp3) is 0.667. The van der Waals surface area contributed by atoms with E-state index in [9.17, 15) is 9.90 Å². The van der Waals surface area contributed by atoms with Crippen molar-refractivity contribution in [3.8, 4) is 0 Å². The highest BCUT2D eigenvalue weighted by Gasteiger charge is 2.35. The number of ketones is 1. The van der Waals surface area contributed by atoms with Crippen molar-refractivity contribution in [1.82, 2.24) is 0 Å². The van der Waals surface area contributed by atoms with Gasteiger partial charge in [-0.1, -0.05) is 13.8 Å². The highest BCUT2D eigenvalue weighted by Crippen LogP contribution is 2.34. The van der Waals surface area contributed by atoms with Gasteiger partial charge in [0.05, 0.1) is 0 Å². The summed E-state index contributed by atoms with van der Waals surface area (Å²) in [4.78, 5) is 11.2. The van der Waals surface area contributed by atoms with Crippen molar-refractivity contribution >= 4 is 5.78 Å². The largest absolute Gasteiger partial charge is 0.504 e. The van der Waals surface area contributed by atoms with Crippen LogP contribution in [0.3, 0.4) is 0 Å². The Bertz CT molecular complexity index is 216. The van der Waals surface area contributed by atoms with E-state index in [0.717, 1.165) is 12.0 Å². The molecule has 1 N–H and O–H groups in total. The van der Waals surface area contributed by atoms with Gasteiger partial charge in [0, 0.05) is 5.92 Å². The lowest BCUT2D eigenvalue weighted by Gasteiger charge is -2.11.